The SMILES string of the molecule is CCNC(=O)CN(CC)c1ccc(C=O)cc1C#N. The first-order chi connectivity index (χ1) is 9.15. The fourth-order valence-corrected chi connectivity index (χ4v) is 1.79. The Bertz CT molecular complexity index is 506. The third kappa shape index (κ3) is 3.81. The summed E-state index contributed by atoms with van der Waals surface area (Å²) in [5.74, 6) is -0.0901. The van der Waals surface area contributed by atoms with Crippen LogP contribution in [0.4, 0.5) is 5.69 Å². The van der Waals surface area contributed by atoms with Gasteiger partial charge in [-0.15, -0.1) is 0 Å². The maximum atomic E-state index is 11.6. The number of carbonyl (C=O) groups is 2. The largest absolute Gasteiger partial charge is 0.361 e. The molecule has 19 heavy (non-hydrogen) atoms. The number of carbonyl (C=O) groups excluding carboxylic acids is 2. The van der Waals surface area contributed by atoms with Crippen LogP contribution in [-0.2, 0) is 4.79 Å². The molecule has 5 heteroatoms. The zero-order valence-corrected chi connectivity index (χ0v) is 11.1. The molecule has 0 spiro atoms. The lowest BCUT2D eigenvalue weighted by Crippen LogP contribution is -2.37. The van der Waals surface area contributed by atoms with E-state index in [9.17, 15) is 9.59 Å². The zero-order valence-electron chi connectivity index (χ0n) is 11.1. The molecule has 100 valence electrons. The van der Waals surface area contributed by atoms with E-state index in [1.54, 1.807) is 17.0 Å². The standard InChI is InChI=1S/C14H17N3O2/c1-3-16-14(19)9-17(4-2)13-6-5-11(10-18)7-12(13)8-15/h5-7,10H,3-4,9H2,1-2H3,(H,16,19). The molecule has 0 heterocycles. The molecule has 5 nitrogen and oxygen atoms in total. The van der Waals surface area contributed by atoms with Gasteiger partial charge in [-0.05, 0) is 32.0 Å². The molecule has 1 N–H and O–H groups in total. The van der Waals surface area contributed by atoms with E-state index in [1.165, 1.54) is 6.07 Å². The average molecular weight is 259 g/mol. The summed E-state index contributed by atoms with van der Waals surface area (Å²) in [6.07, 6.45) is 0.699. The molecule has 1 aromatic rings. The Morgan fingerprint density at radius 1 is 1.47 bits per heavy atom. The number of aldehydes is 1. The molecule has 1 aromatic carbocycles. The summed E-state index contributed by atoms with van der Waals surface area (Å²) in [5, 5.41) is 11.8. The van der Waals surface area contributed by atoms with Gasteiger partial charge in [-0.1, -0.05) is 0 Å². The number of nitriles is 1. The highest BCUT2D eigenvalue weighted by molar-refractivity contribution is 5.83. The van der Waals surface area contributed by atoms with Crippen molar-refractivity contribution in [2.75, 3.05) is 24.5 Å². The first kappa shape index (κ1) is 14.7. The van der Waals surface area contributed by atoms with Gasteiger partial charge in [-0.2, -0.15) is 5.26 Å². The molecule has 1 rings (SSSR count). The molecule has 0 atom stereocenters. The first-order valence-electron chi connectivity index (χ1n) is 6.17. The van der Waals surface area contributed by atoms with Crippen molar-refractivity contribution in [2.45, 2.75) is 13.8 Å². The molecule has 0 bridgehead atoms. The van der Waals surface area contributed by atoms with Crippen molar-refractivity contribution in [1.29, 1.82) is 5.26 Å². The molecule has 0 saturated heterocycles. The minimum atomic E-state index is -0.0901. The van der Waals surface area contributed by atoms with Crippen LogP contribution < -0.4 is 10.2 Å². The summed E-state index contributed by atoms with van der Waals surface area (Å²) in [5.41, 5.74) is 1.52. The predicted molar refractivity (Wildman–Crippen MR) is 73.1 cm³/mol. The van der Waals surface area contributed by atoms with Gasteiger partial charge in [-0.3, -0.25) is 9.59 Å². The van der Waals surface area contributed by atoms with E-state index in [0.29, 0.717) is 36.2 Å². The van der Waals surface area contributed by atoms with Gasteiger partial charge < -0.3 is 10.2 Å². The van der Waals surface area contributed by atoms with E-state index < -0.39 is 0 Å². The van der Waals surface area contributed by atoms with Gasteiger partial charge in [0.15, 0.2) is 0 Å². The molecule has 0 aromatic heterocycles. The van der Waals surface area contributed by atoms with Crippen LogP contribution in [-0.4, -0.2) is 31.8 Å². The third-order valence-electron chi connectivity index (χ3n) is 2.71. The minimum absolute atomic E-state index is 0.0901. The quantitative estimate of drug-likeness (QED) is 0.782. The fourth-order valence-electron chi connectivity index (χ4n) is 1.79. The van der Waals surface area contributed by atoms with Crippen molar-refractivity contribution in [1.82, 2.24) is 5.32 Å². The Balaban J connectivity index is 3.01. The number of nitrogens with zero attached hydrogens (tertiary/aromatic N) is 2. The van der Waals surface area contributed by atoms with Crippen molar-refractivity contribution in [3.63, 3.8) is 0 Å². The van der Waals surface area contributed by atoms with Crippen molar-refractivity contribution < 1.29 is 9.59 Å². The lowest BCUT2D eigenvalue weighted by atomic mass is 10.1. The van der Waals surface area contributed by atoms with Crippen molar-refractivity contribution >= 4 is 17.9 Å². The van der Waals surface area contributed by atoms with E-state index in [2.05, 4.69) is 11.4 Å². The predicted octanol–water partition coefficient (Wildman–Crippen LogP) is 1.33. The van der Waals surface area contributed by atoms with Crippen LogP contribution >= 0.6 is 0 Å². The van der Waals surface area contributed by atoms with Gasteiger partial charge in [0.2, 0.25) is 5.91 Å². The highest BCUT2D eigenvalue weighted by Crippen LogP contribution is 2.20. The second-order valence-electron chi connectivity index (χ2n) is 3.97. The Labute approximate surface area is 112 Å². The second-order valence-corrected chi connectivity index (χ2v) is 3.97. The van der Waals surface area contributed by atoms with Crippen LogP contribution in [0.1, 0.15) is 29.8 Å². The third-order valence-corrected chi connectivity index (χ3v) is 2.71. The van der Waals surface area contributed by atoms with Crippen LogP contribution in [0.5, 0.6) is 0 Å². The highest BCUT2D eigenvalue weighted by Gasteiger charge is 2.13. The van der Waals surface area contributed by atoms with Gasteiger partial charge in [0.05, 0.1) is 17.8 Å². The molecule has 1 amide bonds. The molecule has 0 unspecified atom stereocenters. The van der Waals surface area contributed by atoms with Gasteiger partial charge in [0.25, 0.3) is 0 Å². The lowest BCUT2D eigenvalue weighted by Gasteiger charge is -2.23. The second kappa shape index (κ2) is 7.17. The van der Waals surface area contributed by atoms with Crippen molar-refractivity contribution in [3.05, 3.63) is 29.3 Å². The summed E-state index contributed by atoms with van der Waals surface area (Å²) in [7, 11) is 0. The summed E-state index contributed by atoms with van der Waals surface area (Å²) >= 11 is 0. The van der Waals surface area contributed by atoms with Crippen LogP contribution in [0.3, 0.4) is 0 Å². The number of hydrogen-bond donors (Lipinski definition) is 1. The minimum Gasteiger partial charge on any atom is -0.361 e. The fraction of sp³-hybridized carbons (Fsp3) is 0.357. The van der Waals surface area contributed by atoms with E-state index in [1.807, 2.05) is 13.8 Å². The van der Waals surface area contributed by atoms with E-state index in [-0.39, 0.29) is 12.5 Å². The normalized spacial score (nSPS) is 9.53. The van der Waals surface area contributed by atoms with Gasteiger partial charge in [0.1, 0.15) is 12.4 Å². The van der Waals surface area contributed by atoms with Crippen molar-refractivity contribution in [2.24, 2.45) is 0 Å². The first-order valence-corrected chi connectivity index (χ1v) is 6.17. The van der Waals surface area contributed by atoms with E-state index in [4.69, 9.17) is 5.26 Å². The molecule has 0 saturated carbocycles. The average Bonchev–Trinajstić information content (AvgIpc) is 2.44. The topological polar surface area (TPSA) is 73.2 Å². The Hall–Kier alpha value is -2.35. The van der Waals surface area contributed by atoms with Gasteiger partial charge in [0, 0.05) is 18.7 Å². The number of likely N-dealkylation sites (N-methyl/N-ethyl adjacent to an activating group) is 2. The maximum Gasteiger partial charge on any atom is 0.239 e. The smallest absolute Gasteiger partial charge is 0.239 e. The number of nitrogens with one attached hydrogen (secondary N) is 1. The lowest BCUT2D eigenvalue weighted by molar-refractivity contribution is -0.119. The van der Waals surface area contributed by atoms with E-state index >= 15 is 0 Å². The molecule has 0 radical (unpaired) electrons. The molecular formula is C14H17N3O2. The summed E-state index contributed by atoms with van der Waals surface area (Å²) < 4.78 is 0. The Morgan fingerprint density at radius 2 is 2.21 bits per heavy atom. The molecule has 0 aliphatic rings. The van der Waals surface area contributed by atoms with E-state index in [0.717, 1.165) is 0 Å². The number of amides is 1. The summed E-state index contributed by atoms with van der Waals surface area (Å²) in [6, 6.07) is 6.93. The van der Waals surface area contributed by atoms with Crippen LogP contribution in [0.15, 0.2) is 18.2 Å². The number of rotatable bonds is 6. The molecule has 0 aliphatic carbocycles. The van der Waals surface area contributed by atoms with Gasteiger partial charge in [-0.25, -0.2) is 0 Å². The highest BCUT2D eigenvalue weighted by atomic mass is 16.2. The summed E-state index contributed by atoms with van der Waals surface area (Å²) in [6.45, 7) is 5.14. The summed E-state index contributed by atoms with van der Waals surface area (Å²) in [4.78, 5) is 24.1. The number of anilines is 1. The zero-order chi connectivity index (χ0) is 14.3. The monoisotopic (exact) mass is 259 g/mol. The molecule has 0 fully saturated rings. The van der Waals surface area contributed by atoms with Crippen LogP contribution in [0.2, 0.25) is 0 Å². The van der Waals surface area contributed by atoms with Crippen LogP contribution in [0, 0.1) is 11.3 Å². The number of hydrogen-bond acceptors (Lipinski definition) is 4. The maximum absolute atomic E-state index is 11.6. The Morgan fingerprint density at radius 3 is 2.74 bits per heavy atom. The van der Waals surface area contributed by atoms with Crippen molar-refractivity contribution in [3.8, 4) is 6.07 Å². The number of benzene rings is 1. The van der Waals surface area contributed by atoms with Crippen LogP contribution in [0.25, 0.3) is 0 Å². The molecular weight excluding hydrogens is 242 g/mol. The van der Waals surface area contributed by atoms with Gasteiger partial charge >= 0.3 is 0 Å². The Kier molecular flexibility index (Phi) is 5.55. The molecule has 0 aliphatic heterocycles.